The summed E-state index contributed by atoms with van der Waals surface area (Å²) in [6.45, 7) is 5.46. The topological polar surface area (TPSA) is 106 Å². The van der Waals surface area contributed by atoms with Gasteiger partial charge in [0.2, 0.25) is 5.91 Å². The number of aromatic nitrogens is 1. The molecule has 7 nitrogen and oxygen atoms in total. The zero-order chi connectivity index (χ0) is 19.6. The molecular weight excluding hydrogens is 348 g/mol. The summed E-state index contributed by atoms with van der Waals surface area (Å²) in [5.41, 5.74) is 2.83. The van der Waals surface area contributed by atoms with Crippen molar-refractivity contribution in [3.63, 3.8) is 0 Å². The Morgan fingerprint density at radius 1 is 1.19 bits per heavy atom. The van der Waals surface area contributed by atoms with Crippen LogP contribution in [0.5, 0.6) is 0 Å². The molecule has 3 rings (SSSR count). The highest BCUT2D eigenvalue weighted by atomic mass is 16.4. The molecule has 0 saturated heterocycles. The van der Waals surface area contributed by atoms with Crippen molar-refractivity contribution in [2.75, 3.05) is 0 Å². The number of hydrogen-bond acceptors (Lipinski definition) is 5. The van der Waals surface area contributed by atoms with Gasteiger partial charge in [-0.3, -0.25) is 4.79 Å². The summed E-state index contributed by atoms with van der Waals surface area (Å²) in [5, 5.41) is 12.1. The van der Waals surface area contributed by atoms with Crippen LogP contribution in [0, 0.1) is 20.8 Å². The number of carbonyl (C=O) groups is 2. The Bertz CT molecular complexity index is 952. The van der Waals surface area contributed by atoms with Crippen molar-refractivity contribution in [2.45, 2.75) is 33.2 Å². The molecule has 0 bridgehead atoms. The van der Waals surface area contributed by atoms with E-state index in [1.807, 2.05) is 19.9 Å². The number of oxazole rings is 1. The number of benzene rings is 1. The number of aliphatic carboxylic acids is 1. The first-order chi connectivity index (χ1) is 12.8. The first kappa shape index (κ1) is 18.4. The van der Waals surface area contributed by atoms with Crippen LogP contribution < -0.4 is 5.32 Å². The molecule has 0 aliphatic heterocycles. The van der Waals surface area contributed by atoms with Gasteiger partial charge in [-0.05, 0) is 38.5 Å². The first-order valence-electron chi connectivity index (χ1n) is 8.44. The summed E-state index contributed by atoms with van der Waals surface area (Å²) in [7, 11) is 0. The van der Waals surface area contributed by atoms with E-state index in [1.165, 1.54) is 6.26 Å². The third-order valence-electron chi connectivity index (χ3n) is 4.08. The molecule has 0 fully saturated rings. The third-order valence-corrected chi connectivity index (χ3v) is 4.08. The number of nitrogens with zero attached hydrogens (tertiary/aromatic N) is 1. The number of hydrogen-bond donors (Lipinski definition) is 2. The van der Waals surface area contributed by atoms with Crippen molar-refractivity contribution >= 4 is 11.9 Å². The maximum atomic E-state index is 12.4. The fourth-order valence-corrected chi connectivity index (χ4v) is 2.93. The number of carbonyl (C=O) groups excluding carboxylic acids is 1. The van der Waals surface area contributed by atoms with E-state index in [4.69, 9.17) is 8.83 Å². The lowest BCUT2D eigenvalue weighted by Crippen LogP contribution is -2.35. The Morgan fingerprint density at radius 3 is 2.48 bits per heavy atom. The van der Waals surface area contributed by atoms with E-state index in [9.17, 15) is 14.7 Å². The second kappa shape index (κ2) is 7.49. The SMILES string of the molecule is Cc1cc(C)cc(C(NC(=O)Cc2nc(-c3ccco3)oc2C)C(=O)O)c1. The van der Waals surface area contributed by atoms with Crippen molar-refractivity contribution in [3.8, 4) is 11.7 Å². The van der Waals surface area contributed by atoms with Crippen LogP contribution in [0.25, 0.3) is 11.7 Å². The van der Waals surface area contributed by atoms with Crippen molar-refractivity contribution in [3.05, 3.63) is 64.7 Å². The Balaban J connectivity index is 1.76. The fourth-order valence-electron chi connectivity index (χ4n) is 2.93. The van der Waals surface area contributed by atoms with Gasteiger partial charge < -0.3 is 19.3 Å². The number of carboxylic acid groups (broad SMARTS) is 1. The van der Waals surface area contributed by atoms with Crippen LogP contribution in [0.3, 0.4) is 0 Å². The van der Waals surface area contributed by atoms with Gasteiger partial charge in [-0.25, -0.2) is 9.78 Å². The monoisotopic (exact) mass is 368 g/mol. The minimum atomic E-state index is -1.13. The lowest BCUT2D eigenvalue weighted by molar-refractivity contribution is -0.142. The quantitative estimate of drug-likeness (QED) is 0.691. The van der Waals surface area contributed by atoms with Crippen LogP contribution in [0.4, 0.5) is 0 Å². The van der Waals surface area contributed by atoms with Gasteiger partial charge in [0, 0.05) is 0 Å². The van der Waals surface area contributed by atoms with E-state index in [2.05, 4.69) is 10.3 Å². The van der Waals surface area contributed by atoms with Crippen LogP contribution >= 0.6 is 0 Å². The molecule has 3 aromatic rings. The normalized spacial score (nSPS) is 12.0. The van der Waals surface area contributed by atoms with E-state index in [-0.39, 0.29) is 12.3 Å². The largest absolute Gasteiger partial charge is 0.479 e. The molecule has 140 valence electrons. The molecule has 27 heavy (non-hydrogen) atoms. The number of furan rings is 1. The van der Waals surface area contributed by atoms with Crippen LogP contribution in [-0.2, 0) is 16.0 Å². The van der Waals surface area contributed by atoms with Crippen molar-refractivity contribution in [1.29, 1.82) is 0 Å². The average molecular weight is 368 g/mol. The Morgan fingerprint density at radius 2 is 1.89 bits per heavy atom. The number of amides is 1. The summed E-state index contributed by atoms with van der Waals surface area (Å²) >= 11 is 0. The predicted molar refractivity (Wildman–Crippen MR) is 97.1 cm³/mol. The van der Waals surface area contributed by atoms with Gasteiger partial charge >= 0.3 is 5.97 Å². The van der Waals surface area contributed by atoms with Crippen LogP contribution in [-0.4, -0.2) is 22.0 Å². The lowest BCUT2D eigenvalue weighted by Gasteiger charge is -2.16. The van der Waals surface area contributed by atoms with Crippen LogP contribution in [0.15, 0.2) is 45.4 Å². The standard InChI is InChI=1S/C20H20N2O5/c1-11-7-12(2)9-14(8-11)18(20(24)25)22-17(23)10-15-13(3)27-19(21-15)16-5-4-6-26-16/h4-9,18H,10H2,1-3H3,(H,22,23)(H,24,25). The van der Waals surface area contributed by atoms with Gasteiger partial charge in [0.1, 0.15) is 5.76 Å². The molecule has 1 amide bonds. The molecule has 0 aliphatic rings. The van der Waals surface area contributed by atoms with Gasteiger partial charge in [0.15, 0.2) is 11.8 Å². The van der Waals surface area contributed by atoms with Crippen molar-refractivity contribution in [1.82, 2.24) is 10.3 Å². The predicted octanol–water partition coefficient (Wildman–Crippen LogP) is 3.34. The van der Waals surface area contributed by atoms with Crippen LogP contribution in [0.1, 0.15) is 34.2 Å². The molecule has 0 spiro atoms. The summed E-state index contributed by atoms with van der Waals surface area (Å²) < 4.78 is 10.8. The second-order valence-corrected chi connectivity index (χ2v) is 6.44. The Kier molecular flexibility index (Phi) is 5.12. The van der Waals surface area contributed by atoms with Crippen molar-refractivity contribution < 1.29 is 23.5 Å². The molecule has 0 radical (unpaired) electrons. The minimum Gasteiger partial charge on any atom is -0.479 e. The van der Waals surface area contributed by atoms with E-state index in [0.29, 0.717) is 22.8 Å². The highest BCUT2D eigenvalue weighted by Crippen LogP contribution is 2.23. The smallest absolute Gasteiger partial charge is 0.330 e. The molecule has 7 heteroatoms. The van der Waals surface area contributed by atoms with Gasteiger partial charge in [-0.2, -0.15) is 0 Å². The number of rotatable bonds is 6. The highest BCUT2D eigenvalue weighted by Gasteiger charge is 2.24. The summed E-state index contributed by atoms with van der Waals surface area (Å²) in [6.07, 6.45) is 1.41. The maximum absolute atomic E-state index is 12.4. The van der Waals surface area contributed by atoms with Gasteiger partial charge in [-0.1, -0.05) is 29.3 Å². The van der Waals surface area contributed by atoms with E-state index in [0.717, 1.165) is 11.1 Å². The number of aryl methyl sites for hydroxylation is 3. The fraction of sp³-hybridized carbons (Fsp3) is 0.250. The average Bonchev–Trinajstić information content (AvgIpc) is 3.22. The van der Waals surface area contributed by atoms with Gasteiger partial charge in [0.05, 0.1) is 18.4 Å². The molecule has 1 atom stereocenters. The van der Waals surface area contributed by atoms with Crippen LogP contribution in [0.2, 0.25) is 0 Å². The summed E-state index contributed by atoms with van der Waals surface area (Å²) in [4.78, 5) is 28.4. The van der Waals surface area contributed by atoms with Gasteiger partial charge in [-0.15, -0.1) is 0 Å². The second-order valence-electron chi connectivity index (χ2n) is 6.44. The number of carboxylic acids is 1. The maximum Gasteiger partial charge on any atom is 0.330 e. The summed E-state index contributed by atoms with van der Waals surface area (Å²) in [5.74, 6) is -0.354. The van der Waals surface area contributed by atoms with Gasteiger partial charge in [0.25, 0.3) is 5.89 Å². The molecule has 2 N–H and O–H groups in total. The molecular formula is C20H20N2O5. The first-order valence-corrected chi connectivity index (χ1v) is 8.44. The van der Waals surface area contributed by atoms with E-state index >= 15 is 0 Å². The zero-order valence-corrected chi connectivity index (χ0v) is 15.3. The third kappa shape index (κ3) is 4.25. The lowest BCUT2D eigenvalue weighted by atomic mass is 10.0. The van der Waals surface area contributed by atoms with E-state index < -0.39 is 17.9 Å². The molecule has 0 aliphatic carbocycles. The Hall–Kier alpha value is -3.35. The Labute approximate surface area is 156 Å². The molecule has 2 heterocycles. The molecule has 2 aromatic heterocycles. The molecule has 1 aromatic carbocycles. The van der Waals surface area contributed by atoms with E-state index in [1.54, 1.807) is 31.2 Å². The minimum absolute atomic E-state index is 0.0926. The zero-order valence-electron chi connectivity index (χ0n) is 15.3. The molecule has 0 saturated carbocycles. The highest BCUT2D eigenvalue weighted by molar-refractivity contribution is 5.85. The van der Waals surface area contributed by atoms with Crippen molar-refractivity contribution in [2.24, 2.45) is 0 Å². The summed E-state index contributed by atoms with van der Waals surface area (Å²) in [6, 6.07) is 7.73. The number of nitrogens with one attached hydrogen (secondary N) is 1. The molecule has 1 unspecified atom stereocenters.